The molecule has 3 nitrogen and oxygen atoms in total. The lowest BCUT2D eigenvalue weighted by Gasteiger charge is -2.06. The molecule has 0 saturated carbocycles. The van der Waals surface area contributed by atoms with Crippen molar-refractivity contribution in [1.82, 2.24) is 9.97 Å². The molecule has 1 N–H and O–H groups in total. The molecule has 0 aliphatic heterocycles. The van der Waals surface area contributed by atoms with Crippen LogP contribution in [0, 0.1) is 6.92 Å². The Balaban J connectivity index is 1.90. The van der Waals surface area contributed by atoms with E-state index in [1.165, 1.54) is 15.3 Å². The quantitative estimate of drug-likeness (QED) is 0.418. The van der Waals surface area contributed by atoms with Crippen molar-refractivity contribution in [3.63, 3.8) is 0 Å². The first-order valence-electron chi connectivity index (χ1n) is 8.21. The van der Waals surface area contributed by atoms with E-state index in [2.05, 4.69) is 41.6 Å². The number of nitrogens with zero attached hydrogens (tertiary/aromatic N) is 1. The van der Waals surface area contributed by atoms with Crippen molar-refractivity contribution in [2.75, 3.05) is 6.26 Å². The van der Waals surface area contributed by atoms with E-state index in [-0.39, 0.29) is 5.56 Å². The third kappa shape index (κ3) is 4.31. The van der Waals surface area contributed by atoms with Gasteiger partial charge in [-0.2, -0.15) is 0 Å². The van der Waals surface area contributed by atoms with Crippen LogP contribution in [0.2, 0.25) is 0 Å². The molecule has 1 aromatic carbocycles. The van der Waals surface area contributed by atoms with Gasteiger partial charge in [-0.25, -0.2) is 4.98 Å². The predicted molar refractivity (Wildman–Crippen MR) is 116 cm³/mol. The SMILES string of the molecule is C/C=C(\SC)c1ccc(-c2nc(SCc3ccccc3)[nH]c(=O)c2C)s1. The number of thiophene rings is 1. The van der Waals surface area contributed by atoms with Gasteiger partial charge in [0.15, 0.2) is 5.16 Å². The fourth-order valence-corrected chi connectivity index (χ4v) is 5.22. The Kier molecular flexibility index (Phi) is 6.40. The van der Waals surface area contributed by atoms with Gasteiger partial charge in [0, 0.05) is 21.1 Å². The topological polar surface area (TPSA) is 45.8 Å². The third-order valence-corrected chi connectivity index (χ3v) is 7.01. The number of allylic oxidation sites excluding steroid dienone is 1. The van der Waals surface area contributed by atoms with Crippen molar-refractivity contribution in [3.05, 3.63) is 74.9 Å². The van der Waals surface area contributed by atoms with Crippen molar-refractivity contribution in [1.29, 1.82) is 0 Å². The molecule has 134 valence electrons. The summed E-state index contributed by atoms with van der Waals surface area (Å²) in [5.41, 5.74) is 2.57. The summed E-state index contributed by atoms with van der Waals surface area (Å²) in [6.07, 6.45) is 4.18. The second kappa shape index (κ2) is 8.75. The summed E-state index contributed by atoms with van der Waals surface area (Å²) in [5.74, 6) is 0.775. The Morgan fingerprint density at radius 3 is 2.69 bits per heavy atom. The lowest BCUT2D eigenvalue weighted by molar-refractivity contribution is 0.925. The van der Waals surface area contributed by atoms with Crippen LogP contribution < -0.4 is 5.56 Å². The highest BCUT2D eigenvalue weighted by Crippen LogP contribution is 2.36. The zero-order valence-electron chi connectivity index (χ0n) is 14.9. The second-order valence-corrected chi connectivity index (χ2v) is 8.54. The normalized spacial score (nSPS) is 11.7. The van der Waals surface area contributed by atoms with Gasteiger partial charge in [-0.05, 0) is 37.8 Å². The zero-order valence-corrected chi connectivity index (χ0v) is 17.4. The standard InChI is InChI=1S/C20H20N2OS3/c1-4-15(24-3)16-10-11-17(26-16)18-13(2)19(23)22-20(21-18)25-12-14-8-6-5-7-9-14/h4-11H,12H2,1-3H3,(H,21,22,23)/b15-4-. The van der Waals surface area contributed by atoms with Gasteiger partial charge >= 0.3 is 0 Å². The molecule has 3 aromatic rings. The molecule has 0 spiro atoms. The van der Waals surface area contributed by atoms with Crippen molar-refractivity contribution in [2.45, 2.75) is 24.8 Å². The number of rotatable bonds is 6. The summed E-state index contributed by atoms with van der Waals surface area (Å²) < 4.78 is 0. The van der Waals surface area contributed by atoms with E-state index in [9.17, 15) is 4.79 Å². The molecular formula is C20H20N2OS3. The van der Waals surface area contributed by atoms with Gasteiger partial charge < -0.3 is 4.98 Å². The molecule has 0 aliphatic rings. The Morgan fingerprint density at radius 1 is 1.23 bits per heavy atom. The third-order valence-electron chi connectivity index (χ3n) is 3.91. The minimum Gasteiger partial charge on any atom is -0.301 e. The Labute approximate surface area is 166 Å². The molecule has 0 aliphatic carbocycles. The van der Waals surface area contributed by atoms with Gasteiger partial charge in [-0.3, -0.25) is 4.79 Å². The van der Waals surface area contributed by atoms with E-state index >= 15 is 0 Å². The van der Waals surface area contributed by atoms with Crippen LogP contribution in [-0.2, 0) is 5.75 Å². The fourth-order valence-electron chi connectivity index (χ4n) is 2.50. The summed E-state index contributed by atoms with van der Waals surface area (Å²) in [4.78, 5) is 23.5. The molecule has 0 radical (unpaired) electrons. The molecule has 6 heteroatoms. The average molecular weight is 401 g/mol. The molecule has 3 rings (SSSR count). The summed E-state index contributed by atoms with van der Waals surface area (Å²) in [7, 11) is 0. The van der Waals surface area contributed by atoms with Crippen LogP contribution in [0.15, 0.2) is 58.5 Å². The van der Waals surface area contributed by atoms with E-state index < -0.39 is 0 Å². The van der Waals surface area contributed by atoms with Gasteiger partial charge in [0.25, 0.3) is 5.56 Å². The molecule has 26 heavy (non-hydrogen) atoms. The summed E-state index contributed by atoms with van der Waals surface area (Å²) in [5, 5.41) is 0.658. The number of thioether (sulfide) groups is 2. The molecule has 0 bridgehead atoms. The van der Waals surface area contributed by atoms with Crippen LogP contribution in [0.3, 0.4) is 0 Å². The summed E-state index contributed by atoms with van der Waals surface area (Å²) >= 11 is 4.95. The Bertz CT molecular complexity index is 974. The monoisotopic (exact) mass is 400 g/mol. The maximum Gasteiger partial charge on any atom is 0.255 e. The zero-order chi connectivity index (χ0) is 18.5. The highest BCUT2D eigenvalue weighted by atomic mass is 32.2. The lowest BCUT2D eigenvalue weighted by Crippen LogP contribution is -2.13. The number of aromatic nitrogens is 2. The minimum atomic E-state index is -0.0726. The van der Waals surface area contributed by atoms with Crippen molar-refractivity contribution < 1.29 is 0 Å². The van der Waals surface area contributed by atoms with Crippen molar-refractivity contribution >= 4 is 39.8 Å². The van der Waals surface area contributed by atoms with Crippen LogP contribution in [0.25, 0.3) is 15.5 Å². The number of aromatic amines is 1. The Hall–Kier alpha value is -1.76. The number of nitrogens with one attached hydrogen (secondary N) is 1. The molecule has 2 heterocycles. The fraction of sp³-hybridized carbons (Fsp3) is 0.200. The molecule has 0 unspecified atom stereocenters. The predicted octanol–water partition coefficient (Wildman–Crippen LogP) is 5.82. The van der Waals surface area contributed by atoms with Gasteiger partial charge in [0.2, 0.25) is 0 Å². The lowest BCUT2D eigenvalue weighted by atomic mass is 10.2. The molecule has 2 aromatic heterocycles. The van der Waals surface area contributed by atoms with Crippen LogP contribution in [0.5, 0.6) is 0 Å². The van der Waals surface area contributed by atoms with Gasteiger partial charge in [-0.1, -0.05) is 48.2 Å². The smallest absolute Gasteiger partial charge is 0.255 e. The molecule has 0 fully saturated rings. The highest BCUT2D eigenvalue weighted by Gasteiger charge is 2.13. The molecule has 0 saturated heterocycles. The van der Waals surface area contributed by atoms with Crippen molar-refractivity contribution in [2.24, 2.45) is 0 Å². The minimum absolute atomic E-state index is 0.0726. The van der Waals surface area contributed by atoms with Crippen LogP contribution >= 0.6 is 34.9 Å². The van der Waals surface area contributed by atoms with Crippen LogP contribution in [0.4, 0.5) is 0 Å². The first-order chi connectivity index (χ1) is 12.6. The van der Waals surface area contributed by atoms with Crippen molar-refractivity contribution in [3.8, 4) is 10.6 Å². The second-order valence-electron chi connectivity index (χ2n) is 5.64. The van der Waals surface area contributed by atoms with E-state index in [0.29, 0.717) is 10.7 Å². The van der Waals surface area contributed by atoms with E-state index in [1.807, 2.05) is 32.0 Å². The molecular weight excluding hydrogens is 380 g/mol. The number of H-pyrrole nitrogens is 1. The van der Waals surface area contributed by atoms with Crippen LogP contribution in [-0.4, -0.2) is 16.2 Å². The number of benzene rings is 1. The van der Waals surface area contributed by atoms with Gasteiger partial charge in [0.1, 0.15) is 0 Å². The largest absolute Gasteiger partial charge is 0.301 e. The molecule has 0 atom stereocenters. The van der Waals surface area contributed by atoms with E-state index in [1.54, 1.807) is 34.9 Å². The first-order valence-corrected chi connectivity index (χ1v) is 11.2. The highest BCUT2D eigenvalue weighted by molar-refractivity contribution is 8.07. The summed E-state index contributed by atoms with van der Waals surface area (Å²) in [6, 6.07) is 14.3. The number of hydrogen-bond donors (Lipinski definition) is 1. The average Bonchev–Trinajstić information content (AvgIpc) is 3.14. The van der Waals surface area contributed by atoms with Gasteiger partial charge in [-0.15, -0.1) is 23.1 Å². The maximum atomic E-state index is 12.4. The first kappa shape index (κ1) is 19.0. The van der Waals surface area contributed by atoms with Crippen LogP contribution in [0.1, 0.15) is 22.9 Å². The molecule has 0 amide bonds. The van der Waals surface area contributed by atoms with E-state index in [0.717, 1.165) is 16.3 Å². The summed E-state index contributed by atoms with van der Waals surface area (Å²) in [6.45, 7) is 3.87. The van der Waals surface area contributed by atoms with E-state index in [4.69, 9.17) is 4.98 Å². The maximum absolute atomic E-state index is 12.4. The number of hydrogen-bond acceptors (Lipinski definition) is 5. The van der Waals surface area contributed by atoms with Gasteiger partial charge in [0.05, 0.1) is 10.6 Å². The Morgan fingerprint density at radius 2 is 2.00 bits per heavy atom.